The number of hydrogen-bond acceptors (Lipinski definition) is 3. The predicted molar refractivity (Wildman–Crippen MR) is 74.9 cm³/mol. The third-order valence-electron chi connectivity index (χ3n) is 3.36. The standard InChI is InChI=1S/C13H16ClNO2S/c14-11-4-2-1-3-9(11)8-18-10-5-6-13(15,7-10)12(16)17/h1-4,10H,5-8,15H2,(H,16,17). The Morgan fingerprint density at radius 2 is 2.28 bits per heavy atom. The van der Waals surface area contributed by atoms with E-state index in [0.29, 0.717) is 18.1 Å². The summed E-state index contributed by atoms with van der Waals surface area (Å²) in [4.78, 5) is 11.0. The zero-order valence-electron chi connectivity index (χ0n) is 9.93. The van der Waals surface area contributed by atoms with Crippen LogP contribution in [0.25, 0.3) is 0 Å². The van der Waals surface area contributed by atoms with Crippen molar-refractivity contribution < 1.29 is 9.90 Å². The van der Waals surface area contributed by atoms with E-state index in [2.05, 4.69) is 0 Å². The number of carboxylic acid groups (broad SMARTS) is 1. The second-order valence-electron chi connectivity index (χ2n) is 4.73. The molecule has 0 saturated heterocycles. The molecule has 0 aromatic heterocycles. The van der Waals surface area contributed by atoms with E-state index in [-0.39, 0.29) is 0 Å². The summed E-state index contributed by atoms with van der Waals surface area (Å²) in [6.07, 6.45) is 1.96. The van der Waals surface area contributed by atoms with Crippen LogP contribution >= 0.6 is 23.4 Å². The molecule has 0 spiro atoms. The number of nitrogens with two attached hydrogens (primary N) is 1. The number of halogens is 1. The molecule has 1 fully saturated rings. The maximum absolute atomic E-state index is 11.0. The zero-order valence-corrected chi connectivity index (χ0v) is 11.5. The monoisotopic (exact) mass is 285 g/mol. The molecule has 0 amide bonds. The Hall–Kier alpha value is -0.710. The molecule has 0 heterocycles. The number of hydrogen-bond donors (Lipinski definition) is 2. The molecule has 1 aliphatic rings. The lowest BCUT2D eigenvalue weighted by atomic mass is 10.0. The SMILES string of the molecule is NC1(C(=O)O)CCC(SCc2ccccc2Cl)C1. The second kappa shape index (κ2) is 5.51. The van der Waals surface area contributed by atoms with Gasteiger partial charge >= 0.3 is 5.97 Å². The van der Waals surface area contributed by atoms with E-state index in [0.717, 1.165) is 22.8 Å². The van der Waals surface area contributed by atoms with Crippen LogP contribution < -0.4 is 5.73 Å². The molecule has 2 rings (SSSR count). The lowest BCUT2D eigenvalue weighted by molar-refractivity contribution is -0.143. The van der Waals surface area contributed by atoms with Gasteiger partial charge in [-0.05, 0) is 30.9 Å². The van der Waals surface area contributed by atoms with Gasteiger partial charge in [0.1, 0.15) is 5.54 Å². The van der Waals surface area contributed by atoms with Crippen LogP contribution in [0.5, 0.6) is 0 Å². The van der Waals surface area contributed by atoms with Gasteiger partial charge in [-0.15, -0.1) is 0 Å². The van der Waals surface area contributed by atoms with E-state index in [9.17, 15) is 4.79 Å². The summed E-state index contributed by atoms with van der Waals surface area (Å²) in [7, 11) is 0. The van der Waals surface area contributed by atoms with Gasteiger partial charge in [-0.25, -0.2) is 0 Å². The average Bonchev–Trinajstić information content (AvgIpc) is 2.72. The Bertz CT molecular complexity index is 454. The fourth-order valence-corrected chi connectivity index (χ4v) is 3.84. The molecule has 2 atom stereocenters. The molecule has 0 bridgehead atoms. The number of rotatable bonds is 4. The van der Waals surface area contributed by atoms with Crippen LogP contribution in [-0.2, 0) is 10.5 Å². The Labute approximate surface area is 116 Å². The number of benzene rings is 1. The van der Waals surface area contributed by atoms with Crippen molar-refractivity contribution in [2.45, 2.75) is 35.8 Å². The molecule has 3 nitrogen and oxygen atoms in total. The van der Waals surface area contributed by atoms with Crippen molar-refractivity contribution in [3.05, 3.63) is 34.9 Å². The summed E-state index contributed by atoms with van der Waals surface area (Å²) in [6, 6.07) is 7.73. The number of carbonyl (C=O) groups is 1. The van der Waals surface area contributed by atoms with E-state index in [1.165, 1.54) is 0 Å². The molecular weight excluding hydrogens is 270 g/mol. The summed E-state index contributed by atoms with van der Waals surface area (Å²) in [6.45, 7) is 0. The second-order valence-corrected chi connectivity index (χ2v) is 6.42. The van der Waals surface area contributed by atoms with Crippen molar-refractivity contribution in [1.29, 1.82) is 0 Å². The molecule has 0 radical (unpaired) electrons. The van der Waals surface area contributed by atoms with Crippen LogP contribution in [0.4, 0.5) is 0 Å². The van der Waals surface area contributed by atoms with E-state index in [4.69, 9.17) is 22.4 Å². The smallest absolute Gasteiger partial charge is 0.323 e. The molecule has 1 aromatic carbocycles. The van der Waals surface area contributed by atoms with Crippen molar-refractivity contribution in [2.24, 2.45) is 5.73 Å². The van der Waals surface area contributed by atoms with Gasteiger partial charge in [0, 0.05) is 16.0 Å². The van der Waals surface area contributed by atoms with Crippen molar-refractivity contribution in [1.82, 2.24) is 0 Å². The van der Waals surface area contributed by atoms with Crippen LogP contribution in [0.2, 0.25) is 5.02 Å². The maximum Gasteiger partial charge on any atom is 0.323 e. The number of carboxylic acids is 1. The van der Waals surface area contributed by atoms with Gasteiger partial charge in [-0.1, -0.05) is 29.8 Å². The molecule has 1 aliphatic carbocycles. The zero-order chi connectivity index (χ0) is 13.2. The van der Waals surface area contributed by atoms with Gasteiger partial charge < -0.3 is 10.8 Å². The van der Waals surface area contributed by atoms with Gasteiger partial charge in [0.2, 0.25) is 0 Å². The van der Waals surface area contributed by atoms with E-state index < -0.39 is 11.5 Å². The molecule has 98 valence electrons. The summed E-state index contributed by atoms with van der Waals surface area (Å²) in [5, 5.41) is 10.1. The van der Waals surface area contributed by atoms with Crippen molar-refractivity contribution in [3.63, 3.8) is 0 Å². The largest absolute Gasteiger partial charge is 0.480 e. The van der Waals surface area contributed by atoms with Crippen molar-refractivity contribution >= 4 is 29.3 Å². The molecule has 1 aromatic rings. The van der Waals surface area contributed by atoms with Crippen LogP contribution in [0.1, 0.15) is 24.8 Å². The number of thioether (sulfide) groups is 1. The topological polar surface area (TPSA) is 63.3 Å². The number of aliphatic carboxylic acids is 1. The minimum absolute atomic E-state index is 0.308. The highest BCUT2D eigenvalue weighted by Gasteiger charge is 2.42. The quantitative estimate of drug-likeness (QED) is 0.893. The highest BCUT2D eigenvalue weighted by atomic mass is 35.5. The van der Waals surface area contributed by atoms with Crippen molar-refractivity contribution in [2.75, 3.05) is 0 Å². The van der Waals surface area contributed by atoms with Crippen LogP contribution in [-0.4, -0.2) is 21.9 Å². The minimum atomic E-state index is -1.03. The molecule has 3 N–H and O–H groups in total. The predicted octanol–water partition coefficient (Wildman–Crippen LogP) is 2.91. The van der Waals surface area contributed by atoms with Crippen LogP contribution in [0.15, 0.2) is 24.3 Å². The first-order chi connectivity index (χ1) is 8.51. The molecule has 2 unspecified atom stereocenters. The highest BCUT2D eigenvalue weighted by molar-refractivity contribution is 7.99. The fraction of sp³-hybridized carbons (Fsp3) is 0.462. The fourth-order valence-electron chi connectivity index (χ4n) is 2.19. The molecule has 5 heteroatoms. The summed E-state index contributed by atoms with van der Waals surface area (Å²) >= 11 is 7.83. The summed E-state index contributed by atoms with van der Waals surface area (Å²) < 4.78 is 0. The Morgan fingerprint density at radius 3 is 2.89 bits per heavy atom. The summed E-state index contributed by atoms with van der Waals surface area (Å²) in [5.41, 5.74) is 5.91. The maximum atomic E-state index is 11.0. The first-order valence-corrected chi connectivity index (χ1v) is 7.31. The first-order valence-electron chi connectivity index (χ1n) is 5.88. The Balaban J connectivity index is 1.90. The van der Waals surface area contributed by atoms with Gasteiger partial charge in [-0.2, -0.15) is 11.8 Å². The van der Waals surface area contributed by atoms with E-state index in [1.807, 2.05) is 24.3 Å². The van der Waals surface area contributed by atoms with Gasteiger partial charge in [-0.3, -0.25) is 4.79 Å². The lowest BCUT2D eigenvalue weighted by Gasteiger charge is -2.18. The van der Waals surface area contributed by atoms with Gasteiger partial charge in [0.15, 0.2) is 0 Å². The molecular formula is C13H16ClNO2S. The molecule has 18 heavy (non-hydrogen) atoms. The molecule has 0 aliphatic heterocycles. The third-order valence-corrected chi connectivity index (χ3v) is 5.08. The Morgan fingerprint density at radius 1 is 1.56 bits per heavy atom. The van der Waals surface area contributed by atoms with E-state index >= 15 is 0 Å². The van der Waals surface area contributed by atoms with Gasteiger partial charge in [0.05, 0.1) is 0 Å². The average molecular weight is 286 g/mol. The van der Waals surface area contributed by atoms with Crippen molar-refractivity contribution in [3.8, 4) is 0 Å². The van der Waals surface area contributed by atoms with Gasteiger partial charge in [0.25, 0.3) is 0 Å². The molecule has 1 saturated carbocycles. The summed E-state index contributed by atoms with van der Waals surface area (Å²) in [5.74, 6) is -0.0802. The normalized spacial score (nSPS) is 27.3. The third kappa shape index (κ3) is 2.99. The van der Waals surface area contributed by atoms with Crippen LogP contribution in [0.3, 0.4) is 0 Å². The lowest BCUT2D eigenvalue weighted by Crippen LogP contribution is -2.45. The van der Waals surface area contributed by atoms with Crippen LogP contribution in [0, 0.1) is 0 Å². The first kappa shape index (κ1) is 13.7. The van der Waals surface area contributed by atoms with E-state index in [1.54, 1.807) is 11.8 Å². The Kier molecular flexibility index (Phi) is 4.20. The highest BCUT2D eigenvalue weighted by Crippen LogP contribution is 2.37. The minimum Gasteiger partial charge on any atom is -0.480 e.